The van der Waals surface area contributed by atoms with Crippen molar-refractivity contribution >= 4 is 17.3 Å². The maximum absolute atomic E-state index is 12.5. The largest absolute Gasteiger partial charge is 0.501 e. The summed E-state index contributed by atoms with van der Waals surface area (Å²) in [5, 5.41) is 0. The van der Waals surface area contributed by atoms with E-state index in [4.69, 9.17) is 14.2 Å². The average Bonchev–Trinajstić information content (AvgIpc) is 2.67. The summed E-state index contributed by atoms with van der Waals surface area (Å²) < 4.78 is 15.1. The van der Waals surface area contributed by atoms with Gasteiger partial charge < -0.3 is 14.2 Å². The van der Waals surface area contributed by atoms with Crippen LogP contribution >= 0.6 is 0 Å². The lowest BCUT2D eigenvalue weighted by Gasteiger charge is -2.33. The number of hydrogen-bond acceptors (Lipinski definition) is 6. The van der Waals surface area contributed by atoms with E-state index in [2.05, 4.69) is 19.7 Å². The number of hydrogen-bond donors (Lipinski definition) is 0. The van der Waals surface area contributed by atoms with E-state index in [1.807, 2.05) is 0 Å². The molecule has 0 spiro atoms. The summed E-state index contributed by atoms with van der Waals surface area (Å²) >= 11 is 0. The predicted octanol–water partition coefficient (Wildman–Crippen LogP) is 3.38. The molecule has 1 aliphatic rings. The summed E-state index contributed by atoms with van der Waals surface area (Å²) in [6.45, 7) is 11.1. The first-order chi connectivity index (χ1) is 13.0. The summed E-state index contributed by atoms with van der Waals surface area (Å²) in [6.07, 6.45) is 6.07. The van der Waals surface area contributed by atoms with E-state index in [-0.39, 0.29) is 74.2 Å². The van der Waals surface area contributed by atoms with Gasteiger partial charge >= 0.3 is 0 Å². The van der Waals surface area contributed by atoms with E-state index in [0.29, 0.717) is 19.3 Å². The Labute approximate surface area is 161 Å². The predicted molar refractivity (Wildman–Crippen MR) is 102 cm³/mol. The van der Waals surface area contributed by atoms with E-state index in [9.17, 15) is 14.4 Å². The summed E-state index contributed by atoms with van der Waals surface area (Å²) in [4.78, 5) is 37.6. The van der Waals surface area contributed by atoms with Gasteiger partial charge in [0.1, 0.15) is 17.3 Å². The van der Waals surface area contributed by atoms with Gasteiger partial charge in [-0.2, -0.15) is 0 Å². The smallest absolute Gasteiger partial charge is 0.139 e. The van der Waals surface area contributed by atoms with Crippen LogP contribution in [0.2, 0.25) is 0 Å². The van der Waals surface area contributed by atoms with Crippen LogP contribution < -0.4 is 0 Å². The molecule has 0 aromatic heterocycles. The lowest BCUT2D eigenvalue weighted by atomic mass is 9.70. The van der Waals surface area contributed by atoms with Crippen LogP contribution in [0.15, 0.2) is 38.5 Å². The Morgan fingerprint density at radius 2 is 0.889 bits per heavy atom. The molecule has 0 saturated heterocycles. The van der Waals surface area contributed by atoms with E-state index < -0.39 is 0 Å². The Hall–Kier alpha value is -2.37. The third-order valence-electron chi connectivity index (χ3n) is 4.83. The second kappa shape index (κ2) is 12.9. The molecule has 0 bridgehead atoms. The van der Waals surface area contributed by atoms with Crippen molar-refractivity contribution < 1.29 is 28.6 Å². The highest BCUT2D eigenvalue weighted by Gasteiger charge is 2.38. The van der Waals surface area contributed by atoms with Crippen molar-refractivity contribution in [3.8, 4) is 0 Å². The zero-order chi connectivity index (χ0) is 20.1. The molecule has 0 amide bonds. The SMILES string of the molecule is C=COCCC(=O)C1CC(C(=O)CCOC=C)CC(C(=O)CCOC=C)C1. The molecule has 6 nitrogen and oxygen atoms in total. The molecule has 0 radical (unpaired) electrons. The first kappa shape index (κ1) is 22.7. The summed E-state index contributed by atoms with van der Waals surface area (Å²) in [5.74, 6) is -0.854. The highest BCUT2D eigenvalue weighted by atomic mass is 16.5. The highest BCUT2D eigenvalue weighted by molar-refractivity contribution is 5.88. The molecule has 0 aromatic carbocycles. The monoisotopic (exact) mass is 378 g/mol. The number of ether oxygens (including phenoxy) is 3. The van der Waals surface area contributed by atoms with E-state index in [1.165, 1.54) is 18.8 Å². The van der Waals surface area contributed by atoms with Gasteiger partial charge in [-0.25, -0.2) is 0 Å². The molecule has 6 heteroatoms. The standard InChI is InChI=1S/C21H30O6/c1-4-25-10-7-19(22)16-13-17(20(23)8-11-26-5-2)15-18(14-16)21(24)9-12-27-6-3/h4-6,16-18H,1-3,7-15H2. The van der Waals surface area contributed by atoms with Crippen molar-refractivity contribution in [1.82, 2.24) is 0 Å². The van der Waals surface area contributed by atoms with Gasteiger partial charge in [0.15, 0.2) is 0 Å². The van der Waals surface area contributed by atoms with Gasteiger partial charge in [-0.15, -0.1) is 0 Å². The molecule has 1 aliphatic carbocycles. The minimum absolute atomic E-state index is 0.0248. The van der Waals surface area contributed by atoms with Crippen molar-refractivity contribution in [2.75, 3.05) is 19.8 Å². The zero-order valence-corrected chi connectivity index (χ0v) is 15.9. The van der Waals surface area contributed by atoms with Crippen LogP contribution in [0.4, 0.5) is 0 Å². The van der Waals surface area contributed by atoms with E-state index >= 15 is 0 Å². The number of Topliss-reactive ketones (excluding diaryl/α,β-unsaturated/α-hetero) is 3. The molecule has 0 aliphatic heterocycles. The first-order valence-corrected chi connectivity index (χ1v) is 9.29. The first-order valence-electron chi connectivity index (χ1n) is 9.29. The van der Waals surface area contributed by atoms with Crippen molar-refractivity contribution in [3.05, 3.63) is 38.5 Å². The Kier molecular flexibility index (Phi) is 10.8. The van der Waals surface area contributed by atoms with E-state index in [1.54, 1.807) is 0 Å². The van der Waals surface area contributed by atoms with Gasteiger partial charge in [0.05, 0.1) is 38.6 Å². The average molecular weight is 378 g/mol. The zero-order valence-electron chi connectivity index (χ0n) is 15.9. The molecule has 1 fully saturated rings. The summed E-state index contributed by atoms with van der Waals surface area (Å²) in [5.41, 5.74) is 0. The van der Waals surface area contributed by atoms with Gasteiger partial charge in [-0.3, -0.25) is 14.4 Å². The topological polar surface area (TPSA) is 78.9 Å². The van der Waals surface area contributed by atoms with Crippen molar-refractivity contribution in [1.29, 1.82) is 0 Å². The normalized spacial score (nSPS) is 21.6. The van der Waals surface area contributed by atoms with Crippen LogP contribution in [0, 0.1) is 17.8 Å². The van der Waals surface area contributed by atoms with Crippen molar-refractivity contribution in [2.24, 2.45) is 17.8 Å². The Bertz CT molecular complexity index is 457. The molecule has 1 rings (SSSR count). The molecular formula is C21H30O6. The highest BCUT2D eigenvalue weighted by Crippen LogP contribution is 2.36. The fourth-order valence-electron chi connectivity index (χ4n) is 3.45. The van der Waals surface area contributed by atoms with E-state index in [0.717, 1.165) is 0 Å². The van der Waals surface area contributed by atoms with Gasteiger partial charge in [0.25, 0.3) is 0 Å². The molecule has 27 heavy (non-hydrogen) atoms. The van der Waals surface area contributed by atoms with Crippen molar-refractivity contribution in [3.63, 3.8) is 0 Å². The Balaban J connectivity index is 2.74. The molecule has 0 N–H and O–H groups in total. The third-order valence-corrected chi connectivity index (χ3v) is 4.83. The number of ketones is 3. The molecular weight excluding hydrogens is 348 g/mol. The van der Waals surface area contributed by atoms with Crippen LogP contribution in [-0.2, 0) is 28.6 Å². The summed E-state index contributed by atoms with van der Waals surface area (Å²) in [6, 6.07) is 0. The number of carbonyl (C=O) groups is 3. The second-order valence-corrected chi connectivity index (χ2v) is 6.56. The van der Waals surface area contributed by atoms with Crippen LogP contribution in [0.25, 0.3) is 0 Å². The third kappa shape index (κ3) is 8.24. The number of carbonyl (C=O) groups excluding carboxylic acids is 3. The molecule has 1 saturated carbocycles. The maximum Gasteiger partial charge on any atom is 0.139 e. The molecule has 0 atom stereocenters. The molecule has 0 aromatic rings. The fourth-order valence-corrected chi connectivity index (χ4v) is 3.45. The molecule has 0 unspecified atom stereocenters. The lowest BCUT2D eigenvalue weighted by molar-refractivity contribution is -0.133. The maximum atomic E-state index is 12.5. The minimum atomic E-state index is -0.310. The van der Waals surface area contributed by atoms with Crippen LogP contribution in [0.1, 0.15) is 38.5 Å². The number of rotatable bonds is 15. The Morgan fingerprint density at radius 3 is 1.11 bits per heavy atom. The van der Waals surface area contributed by atoms with Gasteiger partial charge in [0, 0.05) is 37.0 Å². The quantitative estimate of drug-likeness (QED) is 0.321. The fraction of sp³-hybridized carbons (Fsp3) is 0.571. The van der Waals surface area contributed by atoms with Crippen LogP contribution in [-0.4, -0.2) is 37.2 Å². The van der Waals surface area contributed by atoms with Gasteiger partial charge in [-0.1, -0.05) is 19.7 Å². The molecule has 0 heterocycles. The van der Waals surface area contributed by atoms with Crippen LogP contribution in [0.5, 0.6) is 0 Å². The molecule has 150 valence electrons. The Morgan fingerprint density at radius 1 is 0.630 bits per heavy atom. The van der Waals surface area contributed by atoms with Crippen molar-refractivity contribution in [2.45, 2.75) is 38.5 Å². The van der Waals surface area contributed by atoms with Gasteiger partial charge in [-0.05, 0) is 19.3 Å². The van der Waals surface area contributed by atoms with Gasteiger partial charge in [0.2, 0.25) is 0 Å². The van der Waals surface area contributed by atoms with Crippen LogP contribution in [0.3, 0.4) is 0 Å². The summed E-state index contributed by atoms with van der Waals surface area (Å²) in [7, 11) is 0. The lowest BCUT2D eigenvalue weighted by Crippen LogP contribution is -2.36. The second-order valence-electron chi connectivity index (χ2n) is 6.56. The minimum Gasteiger partial charge on any atom is -0.501 e.